The van der Waals surface area contributed by atoms with Crippen molar-refractivity contribution >= 4 is 18.3 Å². The second kappa shape index (κ2) is 4.90. The van der Waals surface area contributed by atoms with Crippen LogP contribution in [0.3, 0.4) is 0 Å². The summed E-state index contributed by atoms with van der Waals surface area (Å²) in [4.78, 5) is 0. The van der Waals surface area contributed by atoms with Gasteiger partial charge in [-0.2, -0.15) is 0 Å². The molecule has 86 valence electrons. The van der Waals surface area contributed by atoms with Crippen molar-refractivity contribution in [2.75, 3.05) is 5.73 Å². The van der Waals surface area contributed by atoms with Crippen molar-refractivity contribution < 1.29 is 14.8 Å². The van der Waals surface area contributed by atoms with Gasteiger partial charge < -0.3 is 20.5 Å². The maximum Gasteiger partial charge on any atom is 0.488 e. The van der Waals surface area contributed by atoms with Crippen LogP contribution in [0.5, 0.6) is 11.5 Å². The van der Waals surface area contributed by atoms with Gasteiger partial charge in [0.05, 0.1) is 5.69 Å². The molecule has 17 heavy (non-hydrogen) atoms. The number of rotatable bonds is 3. The monoisotopic (exact) mass is 229 g/mol. The zero-order chi connectivity index (χ0) is 12.3. The van der Waals surface area contributed by atoms with Crippen LogP contribution >= 0.6 is 0 Å². The molecule has 0 aliphatic heterocycles. The van der Waals surface area contributed by atoms with E-state index in [9.17, 15) is 0 Å². The molecule has 2 aromatic rings. The van der Waals surface area contributed by atoms with Crippen LogP contribution in [0.1, 0.15) is 0 Å². The number of para-hydroxylation sites is 1. The Morgan fingerprint density at radius 1 is 1.00 bits per heavy atom. The molecule has 0 saturated carbocycles. The molecule has 0 atom stereocenters. The minimum Gasteiger partial charge on any atom is -0.455 e. The molecule has 5 heteroatoms. The van der Waals surface area contributed by atoms with Crippen LogP contribution in [0.15, 0.2) is 48.5 Å². The number of nitrogen functional groups attached to an aromatic ring is 1. The lowest BCUT2D eigenvalue weighted by Gasteiger charge is -2.10. The zero-order valence-electron chi connectivity index (χ0n) is 9.08. The summed E-state index contributed by atoms with van der Waals surface area (Å²) >= 11 is 0. The molecule has 0 bridgehead atoms. The first kappa shape index (κ1) is 11.5. The van der Waals surface area contributed by atoms with E-state index in [2.05, 4.69) is 0 Å². The molecular formula is C12H12BNO3. The number of hydrogen-bond acceptors (Lipinski definition) is 4. The SMILES string of the molecule is Nc1ccc(B(O)O)cc1Oc1ccccc1. The van der Waals surface area contributed by atoms with Gasteiger partial charge in [0.2, 0.25) is 0 Å². The molecule has 0 amide bonds. The third kappa shape index (κ3) is 2.78. The number of anilines is 1. The van der Waals surface area contributed by atoms with Crippen LogP contribution in [0.25, 0.3) is 0 Å². The Hall–Kier alpha value is -1.98. The topological polar surface area (TPSA) is 75.7 Å². The Balaban J connectivity index is 2.29. The summed E-state index contributed by atoms with van der Waals surface area (Å²) in [5.74, 6) is 1.05. The highest BCUT2D eigenvalue weighted by atomic mass is 16.5. The zero-order valence-corrected chi connectivity index (χ0v) is 9.08. The van der Waals surface area contributed by atoms with Crippen LogP contribution < -0.4 is 15.9 Å². The Morgan fingerprint density at radius 3 is 2.35 bits per heavy atom. The minimum atomic E-state index is -1.53. The number of nitrogens with two attached hydrogens (primary N) is 1. The van der Waals surface area contributed by atoms with Crippen molar-refractivity contribution in [3.63, 3.8) is 0 Å². The van der Waals surface area contributed by atoms with Gasteiger partial charge in [-0.3, -0.25) is 0 Å². The lowest BCUT2D eigenvalue weighted by Crippen LogP contribution is -2.29. The van der Waals surface area contributed by atoms with Gasteiger partial charge in [-0.25, -0.2) is 0 Å². The molecule has 0 aliphatic carbocycles. The lowest BCUT2D eigenvalue weighted by atomic mass is 9.80. The first-order valence-electron chi connectivity index (χ1n) is 5.15. The molecule has 0 saturated heterocycles. The molecule has 0 spiro atoms. The fourth-order valence-corrected chi connectivity index (χ4v) is 1.42. The third-order valence-electron chi connectivity index (χ3n) is 2.31. The van der Waals surface area contributed by atoms with Crippen molar-refractivity contribution in [3.05, 3.63) is 48.5 Å². The van der Waals surface area contributed by atoms with Gasteiger partial charge in [-0.1, -0.05) is 24.3 Å². The summed E-state index contributed by atoms with van der Waals surface area (Å²) < 4.78 is 5.55. The van der Waals surface area contributed by atoms with E-state index in [1.807, 2.05) is 18.2 Å². The van der Waals surface area contributed by atoms with E-state index in [-0.39, 0.29) is 0 Å². The molecule has 2 rings (SSSR count). The van der Waals surface area contributed by atoms with Crippen LogP contribution in [0.4, 0.5) is 5.69 Å². The van der Waals surface area contributed by atoms with Crippen LogP contribution in [-0.4, -0.2) is 17.2 Å². The minimum absolute atomic E-state index is 0.338. The fourth-order valence-electron chi connectivity index (χ4n) is 1.42. The average molecular weight is 229 g/mol. The smallest absolute Gasteiger partial charge is 0.455 e. The van der Waals surface area contributed by atoms with Gasteiger partial charge in [0, 0.05) is 0 Å². The highest BCUT2D eigenvalue weighted by Gasteiger charge is 2.13. The Bertz CT molecular complexity index is 502. The summed E-state index contributed by atoms with van der Waals surface area (Å²) in [5, 5.41) is 18.1. The van der Waals surface area contributed by atoms with Crippen molar-refractivity contribution in [2.45, 2.75) is 0 Å². The summed E-state index contributed by atoms with van der Waals surface area (Å²) in [6.45, 7) is 0. The van der Waals surface area contributed by atoms with Gasteiger partial charge in [0.15, 0.2) is 0 Å². The standard InChI is InChI=1S/C12H12BNO3/c14-11-7-6-9(13(15)16)8-12(11)17-10-4-2-1-3-5-10/h1-8,15-16H,14H2. The number of benzene rings is 2. The van der Waals surface area contributed by atoms with Gasteiger partial charge >= 0.3 is 7.12 Å². The second-order valence-corrected chi connectivity index (χ2v) is 3.59. The van der Waals surface area contributed by atoms with Crippen LogP contribution in [-0.2, 0) is 0 Å². The molecule has 0 heterocycles. The fraction of sp³-hybridized carbons (Fsp3) is 0. The Kier molecular flexibility index (Phi) is 3.32. The predicted molar refractivity (Wildman–Crippen MR) is 67.2 cm³/mol. The summed E-state index contributed by atoms with van der Waals surface area (Å²) in [7, 11) is -1.53. The quantitative estimate of drug-likeness (QED) is 0.536. The van der Waals surface area contributed by atoms with Crippen molar-refractivity contribution in [1.82, 2.24) is 0 Å². The van der Waals surface area contributed by atoms with E-state index in [0.717, 1.165) is 0 Å². The van der Waals surface area contributed by atoms with Crippen LogP contribution in [0, 0.1) is 0 Å². The molecule has 0 fully saturated rings. The van der Waals surface area contributed by atoms with Crippen molar-refractivity contribution in [3.8, 4) is 11.5 Å². The van der Waals surface area contributed by atoms with Gasteiger partial charge in [-0.05, 0) is 29.7 Å². The van der Waals surface area contributed by atoms with E-state index in [0.29, 0.717) is 22.6 Å². The van der Waals surface area contributed by atoms with E-state index >= 15 is 0 Å². The third-order valence-corrected chi connectivity index (χ3v) is 2.31. The van der Waals surface area contributed by atoms with Crippen molar-refractivity contribution in [1.29, 1.82) is 0 Å². The van der Waals surface area contributed by atoms with E-state index in [1.165, 1.54) is 12.1 Å². The van der Waals surface area contributed by atoms with Crippen LogP contribution in [0.2, 0.25) is 0 Å². The van der Waals surface area contributed by atoms with Gasteiger partial charge in [-0.15, -0.1) is 0 Å². The van der Waals surface area contributed by atoms with Gasteiger partial charge in [0.1, 0.15) is 11.5 Å². The largest absolute Gasteiger partial charge is 0.488 e. The average Bonchev–Trinajstić information content (AvgIpc) is 2.33. The van der Waals surface area contributed by atoms with E-state index < -0.39 is 7.12 Å². The van der Waals surface area contributed by atoms with Crippen molar-refractivity contribution in [2.24, 2.45) is 0 Å². The maximum absolute atomic E-state index is 9.06. The summed E-state index contributed by atoms with van der Waals surface area (Å²) in [6.07, 6.45) is 0. The molecule has 4 nitrogen and oxygen atoms in total. The van der Waals surface area contributed by atoms with E-state index in [1.54, 1.807) is 18.2 Å². The molecule has 0 radical (unpaired) electrons. The molecule has 0 unspecified atom stereocenters. The molecule has 2 aromatic carbocycles. The van der Waals surface area contributed by atoms with Gasteiger partial charge in [0.25, 0.3) is 0 Å². The number of hydrogen-bond donors (Lipinski definition) is 3. The normalized spacial score (nSPS) is 10.0. The first-order valence-corrected chi connectivity index (χ1v) is 5.15. The lowest BCUT2D eigenvalue weighted by molar-refractivity contribution is 0.425. The Morgan fingerprint density at radius 2 is 1.71 bits per heavy atom. The molecule has 0 aromatic heterocycles. The highest BCUT2D eigenvalue weighted by Crippen LogP contribution is 2.25. The summed E-state index contributed by atoms with van der Waals surface area (Å²) in [6, 6.07) is 13.8. The molecular weight excluding hydrogens is 217 g/mol. The maximum atomic E-state index is 9.06. The van der Waals surface area contributed by atoms with E-state index in [4.69, 9.17) is 20.5 Å². The number of ether oxygens (including phenoxy) is 1. The second-order valence-electron chi connectivity index (χ2n) is 3.59. The highest BCUT2D eigenvalue weighted by molar-refractivity contribution is 6.58. The summed E-state index contributed by atoms with van der Waals surface area (Å²) in [5.41, 5.74) is 6.53. The molecule has 4 N–H and O–H groups in total. The first-order chi connectivity index (χ1) is 8.16. The predicted octanol–water partition coefficient (Wildman–Crippen LogP) is 0.741. The Labute approximate surface area is 99.4 Å². The molecule has 0 aliphatic rings.